The molecule has 0 aliphatic heterocycles. The van der Waals surface area contributed by atoms with Crippen LogP contribution in [0.2, 0.25) is 0 Å². The van der Waals surface area contributed by atoms with Gasteiger partial charge in [-0.2, -0.15) is 0 Å². The van der Waals surface area contributed by atoms with E-state index in [4.69, 9.17) is 0 Å². The lowest BCUT2D eigenvalue weighted by molar-refractivity contribution is 0.590. The summed E-state index contributed by atoms with van der Waals surface area (Å²) in [4.78, 5) is 2.32. The van der Waals surface area contributed by atoms with Crippen LogP contribution in [0.4, 0.5) is 28.4 Å². The van der Waals surface area contributed by atoms with Crippen molar-refractivity contribution in [2.75, 3.05) is 10.2 Å². The molecule has 0 radical (unpaired) electrons. The van der Waals surface area contributed by atoms with E-state index in [9.17, 15) is 0 Å². The monoisotopic (exact) mass is 442 g/mol. The van der Waals surface area contributed by atoms with Crippen molar-refractivity contribution in [2.45, 2.75) is 26.2 Å². The first-order chi connectivity index (χ1) is 16.5. The number of fused-ring (bicyclic) bond motifs is 1. The van der Waals surface area contributed by atoms with Crippen LogP contribution in [0, 0.1) is 0 Å². The summed E-state index contributed by atoms with van der Waals surface area (Å²) in [6.07, 6.45) is 0. The zero-order valence-corrected chi connectivity index (χ0v) is 20.0. The van der Waals surface area contributed by atoms with Gasteiger partial charge in [-0.3, -0.25) is 0 Å². The van der Waals surface area contributed by atoms with Crippen LogP contribution in [0.5, 0.6) is 0 Å². The molecule has 0 saturated carbocycles. The zero-order valence-electron chi connectivity index (χ0n) is 20.0. The zero-order chi connectivity index (χ0) is 23.5. The maximum Gasteiger partial charge on any atom is 0.0541 e. The van der Waals surface area contributed by atoms with Crippen molar-refractivity contribution in [1.29, 1.82) is 0 Å². The predicted octanol–water partition coefficient (Wildman–Crippen LogP) is 9.35. The first-order valence-electron chi connectivity index (χ1n) is 11.8. The van der Waals surface area contributed by atoms with E-state index >= 15 is 0 Å². The lowest BCUT2D eigenvalue weighted by Gasteiger charge is -2.27. The van der Waals surface area contributed by atoms with E-state index in [0.29, 0.717) is 0 Å². The molecule has 2 nitrogen and oxygen atoms in total. The number of para-hydroxylation sites is 2. The van der Waals surface area contributed by atoms with Crippen LogP contribution in [-0.4, -0.2) is 0 Å². The fraction of sp³-hybridized carbons (Fsp3) is 0.125. The molecule has 0 amide bonds. The number of anilines is 5. The van der Waals surface area contributed by atoms with Gasteiger partial charge in [0.1, 0.15) is 0 Å². The maximum atomic E-state index is 3.65. The molecule has 0 fully saturated rings. The summed E-state index contributed by atoms with van der Waals surface area (Å²) in [5, 5.41) is 6.04. The predicted molar refractivity (Wildman–Crippen MR) is 147 cm³/mol. The third kappa shape index (κ3) is 4.40. The number of nitrogens with one attached hydrogen (secondary N) is 1. The molecule has 168 valence electrons. The summed E-state index contributed by atoms with van der Waals surface area (Å²) in [5.41, 5.74) is 7.10. The van der Waals surface area contributed by atoms with Crippen molar-refractivity contribution in [3.05, 3.63) is 127 Å². The molecule has 5 aromatic rings. The summed E-state index contributed by atoms with van der Waals surface area (Å²) in [6.45, 7) is 6.73. The van der Waals surface area contributed by atoms with Gasteiger partial charge in [0.15, 0.2) is 0 Å². The Morgan fingerprint density at radius 1 is 0.529 bits per heavy atom. The molecule has 0 aliphatic rings. The van der Waals surface area contributed by atoms with Gasteiger partial charge in [-0.1, -0.05) is 93.6 Å². The fourth-order valence-electron chi connectivity index (χ4n) is 4.38. The number of rotatable bonds is 5. The third-order valence-corrected chi connectivity index (χ3v) is 6.20. The van der Waals surface area contributed by atoms with Crippen LogP contribution in [0.1, 0.15) is 26.3 Å². The Bertz CT molecular complexity index is 1340. The Balaban J connectivity index is 1.59. The molecule has 0 spiro atoms. The van der Waals surface area contributed by atoms with Gasteiger partial charge >= 0.3 is 0 Å². The van der Waals surface area contributed by atoms with Gasteiger partial charge < -0.3 is 10.2 Å². The van der Waals surface area contributed by atoms with Crippen molar-refractivity contribution in [3.63, 3.8) is 0 Å². The average molecular weight is 443 g/mol. The van der Waals surface area contributed by atoms with Gasteiger partial charge in [-0.15, -0.1) is 0 Å². The second kappa shape index (κ2) is 9.07. The average Bonchev–Trinajstić information content (AvgIpc) is 2.86. The molecule has 5 aromatic carbocycles. The summed E-state index contributed by atoms with van der Waals surface area (Å²) in [5.74, 6) is 0. The van der Waals surface area contributed by atoms with E-state index in [1.165, 1.54) is 16.3 Å². The van der Waals surface area contributed by atoms with Crippen molar-refractivity contribution < 1.29 is 0 Å². The molecule has 0 bridgehead atoms. The summed E-state index contributed by atoms with van der Waals surface area (Å²) >= 11 is 0. The topological polar surface area (TPSA) is 15.3 Å². The minimum absolute atomic E-state index is 0.144. The minimum atomic E-state index is 0.144. The van der Waals surface area contributed by atoms with Gasteiger partial charge in [0.25, 0.3) is 0 Å². The van der Waals surface area contributed by atoms with Crippen LogP contribution in [0.25, 0.3) is 10.8 Å². The highest BCUT2D eigenvalue weighted by atomic mass is 15.1. The van der Waals surface area contributed by atoms with E-state index in [1.807, 2.05) is 0 Å². The van der Waals surface area contributed by atoms with E-state index in [0.717, 1.165) is 28.4 Å². The molecule has 0 aromatic heterocycles. The van der Waals surface area contributed by atoms with Crippen LogP contribution < -0.4 is 10.2 Å². The number of nitrogens with zero attached hydrogens (tertiary/aromatic N) is 1. The third-order valence-electron chi connectivity index (χ3n) is 6.20. The lowest BCUT2D eigenvalue weighted by atomic mass is 9.87. The molecule has 2 heteroatoms. The number of benzene rings is 5. The van der Waals surface area contributed by atoms with Crippen LogP contribution in [0.3, 0.4) is 0 Å². The van der Waals surface area contributed by atoms with E-state index in [-0.39, 0.29) is 5.41 Å². The minimum Gasteiger partial charge on any atom is -0.355 e. The van der Waals surface area contributed by atoms with Gasteiger partial charge in [0.2, 0.25) is 0 Å². The van der Waals surface area contributed by atoms with Gasteiger partial charge in [-0.05, 0) is 59.5 Å². The Kier molecular flexibility index (Phi) is 5.81. The molecule has 0 saturated heterocycles. The second-order valence-corrected chi connectivity index (χ2v) is 9.64. The maximum absolute atomic E-state index is 3.65. The normalized spacial score (nSPS) is 11.4. The fourth-order valence-corrected chi connectivity index (χ4v) is 4.38. The van der Waals surface area contributed by atoms with Crippen LogP contribution in [0.15, 0.2) is 121 Å². The largest absolute Gasteiger partial charge is 0.355 e. The Labute approximate surface area is 202 Å². The first kappa shape index (κ1) is 21.8. The van der Waals surface area contributed by atoms with Gasteiger partial charge in [0.05, 0.1) is 5.69 Å². The van der Waals surface area contributed by atoms with E-state index in [2.05, 4.69) is 152 Å². The number of hydrogen-bond acceptors (Lipinski definition) is 2. The highest BCUT2D eigenvalue weighted by Crippen LogP contribution is 2.41. The van der Waals surface area contributed by atoms with E-state index < -0.39 is 0 Å². The van der Waals surface area contributed by atoms with Crippen molar-refractivity contribution in [2.24, 2.45) is 0 Å². The molecular formula is C32H30N2. The molecule has 0 unspecified atom stereocenters. The van der Waals surface area contributed by atoms with Crippen molar-refractivity contribution in [3.8, 4) is 0 Å². The highest BCUT2D eigenvalue weighted by molar-refractivity contribution is 6.05. The molecule has 34 heavy (non-hydrogen) atoms. The van der Waals surface area contributed by atoms with Crippen molar-refractivity contribution >= 4 is 39.2 Å². The molecule has 5 rings (SSSR count). The van der Waals surface area contributed by atoms with Crippen LogP contribution in [-0.2, 0) is 5.41 Å². The summed E-state index contributed by atoms with van der Waals surface area (Å²) in [6, 6.07) is 42.9. The Morgan fingerprint density at radius 2 is 1.06 bits per heavy atom. The summed E-state index contributed by atoms with van der Waals surface area (Å²) < 4.78 is 0. The highest BCUT2D eigenvalue weighted by Gasteiger charge is 2.17. The lowest BCUT2D eigenvalue weighted by Crippen LogP contribution is -2.11. The smallest absolute Gasteiger partial charge is 0.0541 e. The molecule has 1 N–H and O–H groups in total. The number of hydrogen-bond donors (Lipinski definition) is 1. The molecule has 0 aliphatic carbocycles. The first-order valence-corrected chi connectivity index (χ1v) is 11.8. The molecular weight excluding hydrogens is 412 g/mol. The quantitative estimate of drug-likeness (QED) is 0.292. The molecule has 0 heterocycles. The van der Waals surface area contributed by atoms with E-state index in [1.54, 1.807) is 0 Å². The Morgan fingerprint density at radius 3 is 1.62 bits per heavy atom. The van der Waals surface area contributed by atoms with Gasteiger partial charge in [0, 0.05) is 33.5 Å². The van der Waals surface area contributed by atoms with Gasteiger partial charge in [-0.25, -0.2) is 0 Å². The SMILES string of the molecule is CC(C)(C)c1ccc(Nc2ccc(N(c3ccccc3)c3ccccc3)c3ccccc23)cc1. The Hall–Kier alpha value is -4.04. The second-order valence-electron chi connectivity index (χ2n) is 9.64. The van der Waals surface area contributed by atoms with Crippen LogP contribution >= 0.6 is 0 Å². The standard InChI is InChI=1S/C32H30N2/c1-32(2,3)24-18-20-25(21-19-24)33-30-22-23-31(29-17-11-10-16-28(29)30)34(26-12-6-4-7-13-26)27-14-8-5-9-15-27/h4-23,33H,1-3H3. The molecule has 0 atom stereocenters. The van der Waals surface area contributed by atoms with Crippen molar-refractivity contribution in [1.82, 2.24) is 0 Å². The summed E-state index contributed by atoms with van der Waals surface area (Å²) in [7, 11) is 0.